The lowest BCUT2D eigenvalue weighted by Crippen LogP contribution is -2.34. The van der Waals surface area contributed by atoms with E-state index in [4.69, 9.17) is 11.6 Å². The quantitative estimate of drug-likeness (QED) is 0.853. The van der Waals surface area contributed by atoms with Crippen LogP contribution >= 0.6 is 11.6 Å². The zero-order valence-corrected chi connectivity index (χ0v) is 10.9. The topological polar surface area (TPSA) is 15.3 Å². The summed E-state index contributed by atoms with van der Waals surface area (Å²) >= 11 is 6.35. The lowest BCUT2D eigenvalue weighted by atomic mass is 10.1. The van der Waals surface area contributed by atoms with E-state index in [1.165, 1.54) is 23.2 Å². The van der Waals surface area contributed by atoms with Crippen LogP contribution in [0.5, 0.6) is 0 Å². The normalized spacial score (nSPS) is 20.1. The Bertz CT molecular complexity index is 361. The minimum atomic E-state index is 0.568. The van der Waals surface area contributed by atoms with E-state index in [9.17, 15) is 0 Å². The molecule has 0 radical (unpaired) electrons. The second kappa shape index (κ2) is 4.64. The van der Waals surface area contributed by atoms with Crippen molar-refractivity contribution >= 4 is 17.3 Å². The summed E-state index contributed by atoms with van der Waals surface area (Å²) in [7, 11) is 2.14. The van der Waals surface area contributed by atoms with Gasteiger partial charge in [0.2, 0.25) is 0 Å². The Morgan fingerprint density at radius 1 is 1.38 bits per heavy atom. The molecule has 1 atom stereocenters. The van der Waals surface area contributed by atoms with Crippen molar-refractivity contribution < 1.29 is 0 Å². The Morgan fingerprint density at radius 2 is 2.12 bits per heavy atom. The minimum Gasteiger partial charge on any atom is -0.369 e. The summed E-state index contributed by atoms with van der Waals surface area (Å²) in [6.45, 7) is 6.38. The SMILES string of the molecule is Cc1cc(C)c(N(C)C2CCNC2)c(Cl)c1. The molecular formula is C13H19ClN2. The van der Waals surface area contributed by atoms with Crippen LogP contribution in [0.3, 0.4) is 0 Å². The fraction of sp³-hybridized carbons (Fsp3) is 0.538. The number of aryl methyl sites for hydroxylation is 2. The molecule has 1 N–H and O–H groups in total. The summed E-state index contributed by atoms with van der Waals surface area (Å²) in [5.74, 6) is 0. The number of hydrogen-bond acceptors (Lipinski definition) is 2. The maximum Gasteiger partial charge on any atom is 0.0644 e. The van der Waals surface area contributed by atoms with Crippen LogP contribution in [0.1, 0.15) is 17.5 Å². The molecule has 0 spiro atoms. The third-order valence-corrected chi connectivity index (χ3v) is 3.62. The molecule has 2 nitrogen and oxygen atoms in total. The van der Waals surface area contributed by atoms with Crippen molar-refractivity contribution in [3.63, 3.8) is 0 Å². The predicted molar refractivity (Wildman–Crippen MR) is 70.6 cm³/mol. The summed E-state index contributed by atoms with van der Waals surface area (Å²) in [5.41, 5.74) is 3.67. The monoisotopic (exact) mass is 238 g/mol. The van der Waals surface area contributed by atoms with Gasteiger partial charge in [-0.1, -0.05) is 17.7 Å². The molecule has 1 saturated heterocycles. The number of benzene rings is 1. The van der Waals surface area contributed by atoms with Crippen molar-refractivity contribution in [3.05, 3.63) is 28.3 Å². The Labute approximate surface area is 103 Å². The second-order valence-electron chi connectivity index (χ2n) is 4.67. The van der Waals surface area contributed by atoms with E-state index in [2.05, 4.69) is 37.2 Å². The summed E-state index contributed by atoms with van der Waals surface area (Å²) in [6.07, 6.45) is 1.19. The van der Waals surface area contributed by atoms with Gasteiger partial charge < -0.3 is 10.2 Å². The van der Waals surface area contributed by atoms with Gasteiger partial charge in [-0.15, -0.1) is 0 Å². The summed E-state index contributed by atoms with van der Waals surface area (Å²) < 4.78 is 0. The van der Waals surface area contributed by atoms with Crippen molar-refractivity contribution in [2.24, 2.45) is 0 Å². The van der Waals surface area contributed by atoms with Crippen molar-refractivity contribution in [1.82, 2.24) is 5.32 Å². The van der Waals surface area contributed by atoms with Crippen LogP contribution in [0.4, 0.5) is 5.69 Å². The average Bonchev–Trinajstić information content (AvgIpc) is 2.67. The third kappa shape index (κ3) is 2.18. The molecule has 0 bridgehead atoms. The molecular weight excluding hydrogens is 220 g/mol. The number of anilines is 1. The summed E-state index contributed by atoms with van der Waals surface area (Å²) in [4.78, 5) is 2.32. The molecule has 16 heavy (non-hydrogen) atoms. The van der Waals surface area contributed by atoms with Crippen molar-refractivity contribution in [3.8, 4) is 0 Å². The molecule has 2 rings (SSSR count). The van der Waals surface area contributed by atoms with E-state index in [0.29, 0.717) is 6.04 Å². The van der Waals surface area contributed by atoms with Gasteiger partial charge >= 0.3 is 0 Å². The molecule has 0 aliphatic carbocycles. The van der Waals surface area contributed by atoms with E-state index >= 15 is 0 Å². The van der Waals surface area contributed by atoms with Gasteiger partial charge in [-0.25, -0.2) is 0 Å². The van der Waals surface area contributed by atoms with Gasteiger partial charge in [0.1, 0.15) is 0 Å². The van der Waals surface area contributed by atoms with Gasteiger partial charge in [0.25, 0.3) is 0 Å². The van der Waals surface area contributed by atoms with E-state index in [1.54, 1.807) is 0 Å². The van der Waals surface area contributed by atoms with Gasteiger partial charge in [-0.2, -0.15) is 0 Å². The van der Waals surface area contributed by atoms with Gasteiger partial charge in [0, 0.05) is 19.6 Å². The highest BCUT2D eigenvalue weighted by molar-refractivity contribution is 6.33. The highest BCUT2D eigenvalue weighted by Crippen LogP contribution is 2.32. The maximum atomic E-state index is 6.35. The highest BCUT2D eigenvalue weighted by Gasteiger charge is 2.22. The molecule has 1 heterocycles. The predicted octanol–water partition coefficient (Wildman–Crippen LogP) is 2.75. The molecule has 1 aliphatic rings. The summed E-state index contributed by atoms with van der Waals surface area (Å²) in [5, 5.41) is 4.26. The number of rotatable bonds is 2. The minimum absolute atomic E-state index is 0.568. The Balaban J connectivity index is 2.31. The first kappa shape index (κ1) is 11.7. The highest BCUT2D eigenvalue weighted by atomic mass is 35.5. The van der Waals surface area contributed by atoms with Crippen LogP contribution in [0, 0.1) is 13.8 Å². The Hall–Kier alpha value is -0.730. The zero-order valence-electron chi connectivity index (χ0n) is 10.2. The molecule has 1 fully saturated rings. The molecule has 1 aromatic carbocycles. The molecule has 0 amide bonds. The third-order valence-electron chi connectivity index (χ3n) is 3.33. The van der Waals surface area contributed by atoms with Crippen LogP contribution in [-0.4, -0.2) is 26.2 Å². The molecule has 1 aromatic rings. The molecule has 1 aliphatic heterocycles. The van der Waals surface area contributed by atoms with Crippen LogP contribution in [0.15, 0.2) is 12.1 Å². The molecule has 88 valence electrons. The lowest BCUT2D eigenvalue weighted by molar-refractivity contribution is 0.684. The number of likely N-dealkylation sites (N-methyl/N-ethyl adjacent to an activating group) is 1. The van der Waals surface area contributed by atoms with Gasteiger partial charge in [-0.05, 0) is 44.0 Å². The Kier molecular flexibility index (Phi) is 3.41. The second-order valence-corrected chi connectivity index (χ2v) is 5.08. The zero-order chi connectivity index (χ0) is 11.7. The molecule has 0 aromatic heterocycles. The van der Waals surface area contributed by atoms with E-state index in [0.717, 1.165) is 18.1 Å². The first-order valence-corrected chi connectivity index (χ1v) is 6.17. The van der Waals surface area contributed by atoms with E-state index in [1.807, 2.05) is 6.07 Å². The average molecular weight is 239 g/mol. The van der Waals surface area contributed by atoms with Crippen molar-refractivity contribution in [1.29, 1.82) is 0 Å². The molecule has 1 unspecified atom stereocenters. The smallest absolute Gasteiger partial charge is 0.0644 e. The summed E-state index contributed by atoms with van der Waals surface area (Å²) in [6, 6.07) is 4.81. The van der Waals surface area contributed by atoms with E-state index in [-0.39, 0.29) is 0 Å². The van der Waals surface area contributed by atoms with Crippen LogP contribution in [0.25, 0.3) is 0 Å². The first-order valence-electron chi connectivity index (χ1n) is 5.80. The lowest BCUT2D eigenvalue weighted by Gasteiger charge is -2.28. The van der Waals surface area contributed by atoms with Gasteiger partial charge in [-0.3, -0.25) is 0 Å². The number of halogens is 1. The molecule has 3 heteroatoms. The first-order chi connectivity index (χ1) is 7.59. The number of nitrogens with one attached hydrogen (secondary N) is 1. The largest absolute Gasteiger partial charge is 0.369 e. The number of hydrogen-bond donors (Lipinski definition) is 1. The van der Waals surface area contributed by atoms with Crippen molar-refractivity contribution in [2.75, 3.05) is 25.0 Å². The van der Waals surface area contributed by atoms with Crippen LogP contribution in [-0.2, 0) is 0 Å². The van der Waals surface area contributed by atoms with Gasteiger partial charge in [0.05, 0.1) is 10.7 Å². The fourth-order valence-electron chi connectivity index (χ4n) is 2.51. The molecule has 0 saturated carbocycles. The van der Waals surface area contributed by atoms with Crippen LogP contribution in [0.2, 0.25) is 5.02 Å². The fourth-order valence-corrected chi connectivity index (χ4v) is 2.96. The van der Waals surface area contributed by atoms with Crippen molar-refractivity contribution in [2.45, 2.75) is 26.3 Å². The maximum absolute atomic E-state index is 6.35. The Morgan fingerprint density at radius 3 is 2.69 bits per heavy atom. The number of nitrogens with zero attached hydrogens (tertiary/aromatic N) is 1. The standard InChI is InChI=1S/C13H19ClN2/c1-9-6-10(2)13(12(14)7-9)16(3)11-4-5-15-8-11/h6-7,11,15H,4-5,8H2,1-3H3. The van der Waals surface area contributed by atoms with Crippen LogP contribution < -0.4 is 10.2 Å². The van der Waals surface area contributed by atoms with E-state index < -0.39 is 0 Å². The van der Waals surface area contributed by atoms with Gasteiger partial charge in [0.15, 0.2) is 0 Å².